The molecule has 0 aliphatic carbocycles. The number of nitrogens with zero attached hydrogens (tertiary/aromatic N) is 4. The zero-order chi connectivity index (χ0) is 63.1. The van der Waals surface area contributed by atoms with E-state index >= 15 is 0 Å². The van der Waals surface area contributed by atoms with Crippen LogP contribution >= 0.6 is 0 Å². The lowest BCUT2D eigenvalue weighted by molar-refractivity contribution is 0.308. The van der Waals surface area contributed by atoms with Crippen molar-refractivity contribution in [3.63, 3.8) is 0 Å². The van der Waals surface area contributed by atoms with Crippen molar-refractivity contribution in [2.75, 3.05) is 26.4 Å². The van der Waals surface area contributed by atoms with E-state index in [1.165, 1.54) is 0 Å². The molecule has 5 rings (SSSR count). The maximum absolute atomic E-state index is 7.12. The van der Waals surface area contributed by atoms with Gasteiger partial charge >= 0.3 is 0 Å². The summed E-state index contributed by atoms with van der Waals surface area (Å²) in [5.41, 5.74) is 17.1. The molecule has 0 atom stereocenters. The predicted molar refractivity (Wildman–Crippen MR) is 378 cm³/mol. The van der Waals surface area contributed by atoms with E-state index in [9.17, 15) is 0 Å². The largest absolute Gasteiger partial charge is 0.412 e. The van der Waals surface area contributed by atoms with Crippen LogP contribution in [0.15, 0.2) is 71.1 Å². The lowest BCUT2D eigenvalue weighted by Gasteiger charge is -2.37. The first-order chi connectivity index (χ1) is 38.8. The number of benzene rings is 2. The van der Waals surface area contributed by atoms with Gasteiger partial charge in [-0.25, -0.2) is 9.97 Å². The SMILES string of the molecule is CC[Si](C#C/C(CO[Si](C)(C)C(C)(C)C)=C(/C#Cc1ccc(C#C/C(CO[Si](C)(C)C(C)(C)C)=C(/C#C[Si](CC)(CC)CC)CO[Si](C)(C)C(C)(C)C)c2nc3c4cccnc4c4ncccc4c3nc12)CO[Si](C)(C)C(C)(C)C)(CC)CC. The maximum Gasteiger partial charge on any atom is 0.192 e. The summed E-state index contributed by atoms with van der Waals surface area (Å²) in [4.78, 5) is 21.0. The van der Waals surface area contributed by atoms with E-state index in [-0.39, 0.29) is 20.2 Å². The van der Waals surface area contributed by atoms with Gasteiger partial charge in [0, 0.05) is 45.5 Å². The van der Waals surface area contributed by atoms with E-state index in [0.29, 0.717) is 37.5 Å². The number of hydrogen-bond acceptors (Lipinski definition) is 8. The van der Waals surface area contributed by atoms with Crippen molar-refractivity contribution in [3.05, 3.63) is 82.2 Å². The lowest BCUT2D eigenvalue weighted by Crippen LogP contribution is -2.42. The number of aromatic nitrogens is 4. The summed E-state index contributed by atoms with van der Waals surface area (Å²) in [6.45, 7) is 61.1. The van der Waals surface area contributed by atoms with Gasteiger partial charge in [0.15, 0.2) is 33.3 Å². The summed E-state index contributed by atoms with van der Waals surface area (Å²) >= 11 is 0. The molecule has 5 aromatic rings. The Morgan fingerprint density at radius 2 is 0.631 bits per heavy atom. The van der Waals surface area contributed by atoms with Gasteiger partial charge in [-0.05, 0) is 145 Å². The minimum absolute atomic E-state index is 0.00423. The molecule has 0 unspecified atom stereocenters. The Bertz CT molecular complexity index is 3270. The molecule has 0 aliphatic heterocycles. The van der Waals surface area contributed by atoms with Crippen LogP contribution in [0.1, 0.15) is 136 Å². The predicted octanol–water partition coefficient (Wildman–Crippen LogP) is 19.4. The molecule has 0 aliphatic rings. The summed E-state index contributed by atoms with van der Waals surface area (Å²) < 4.78 is 28.4. The average Bonchev–Trinajstić information content (AvgIpc) is 3.62. The molecule has 454 valence electrons. The lowest BCUT2D eigenvalue weighted by atomic mass is 10.0. The molecule has 0 fully saturated rings. The Kier molecular flexibility index (Phi) is 23.0. The number of pyridine rings is 2. The van der Waals surface area contributed by atoms with Gasteiger partial charge in [-0.1, -0.05) is 160 Å². The Balaban J connectivity index is 1.99. The zero-order valence-corrected chi connectivity index (χ0v) is 63.1. The van der Waals surface area contributed by atoms with Crippen molar-refractivity contribution in [3.8, 4) is 46.6 Å². The zero-order valence-electron chi connectivity index (χ0n) is 57.1. The molecule has 2 aromatic carbocycles. The molecule has 0 spiro atoms. The number of fused-ring (bicyclic) bond motifs is 7. The summed E-state index contributed by atoms with van der Waals surface area (Å²) in [6, 6.07) is 18.7. The molecule has 0 bridgehead atoms. The monoisotopic (exact) mass is 1230 g/mol. The molecular formula is C70H106N4O4Si6. The van der Waals surface area contributed by atoms with Gasteiger partial charge in [0.25, 0.3) is 0 Å². The molecule has 3 heterocycles. The van der Waals surface area contributed by atoms with Crippen molar-refractivity contribution in [1.82, 2.24) is 19.9 Å². The Morgan fingerprint density at radius 1 is 0.369 bits per heavy atom. The van der Waals surface area contributed by atoms with Gasteiger partial charge < -0.3 is 17.7 Å². The molecule has 0 saturated heterocycles. The summed E-state index contributed by atoms with van der Waals surface area (Å²) in [7, 11) is -12.8. The summed E-state index contributed by atoms with van der Waals surface area (Å²) in [5, 5.41) is 1.70. The van der Waals surface area contributed by atoms with Crippen LogP contribution in [0.2, 0.25) is 109 Å². The fourth-order valence-corrected chi connectivity index (χ4v) is 17.3. The average molecular weight is 1240 g/mol. The molecule has 8 nitrogen and oxygen atoms in total. The molecular weight excluding hydrogens is 1130 g/mol. The van der Waals surface area contributed by atoms with Gasteiger partial charge in [0.1, 0.15) is 27.2 Å². The minimum atomic E-state index is -2.26. The molecule has 14 heteroatoms. The van der Waals surface area contributed by atoms with Gasteiger partial charge in [-0.2, -0.15) is 0 Å². The standard InChI is InChI=1S/C70H106N4O4Si6/c1-27-83(28-2,29-3)47-43-57(51-77-81(23,24)69(13,14)15)55(49-75-79(19,20)67(7,8)9)41-39-53-37-38-54(62-61(53)73-65-59-35-33-45-71-63(59)64-60(66(65)74-62)36-34-46-72-64)40-42-56(50-76-80(21,22)68(10,11)12)58(44-48-84(30-4,31-5)32-6)52-78-82(25,26)70(16,17)18/h33-38,45-46H,27-32,49-52H2,1-26H3/b57-55+,58-56+. The van der Waals surface area contributed by atoms with Crippen molar-refractivity contribution >= 4 is 93.3 Å². The summed E-state index contributed by atoms with van der Waals surface area (Å²) in [5.74, 6) is 22.5. The quantitative estimate of drug-likeness (QED) is 0.0371. The second-order valence-electron chi connectivity index (χ2n) is 29.4. The fourth-order valence-electron chi connectivity index (χ4n) is 8.69. The van der Waals surface area contributed by atoms with Gasteiger partial charge in [0.05, 0.1) is 59.6 Å². The van der Waals surface area contributed by atoms with Gasteiger partial charge in [-0.15, -0.1) is 11.1 Å². The molecule has 0 saturated carbocycles. The Hall–Kier alpha value is -4.28. The fraction of sp³-hybridized carbons (Fsp3) is 0.571. The number of rotatable bonds is 18. The smallest absolute Gasteiger partial charge is 0.192 e. The highest BCUT2D eigenvalue weighted by Gasteiger charge is 2.41. The van der Waals surface area contributed by atoms with Crippen LogP contribution in [0.25, 0.3) is 43.9 Å². The minimum Gasteiger partial charge on any atom is -0.412 e. The highest BCUT2D eigenvalue weighted by Crippen LogP contribution is 2.41. The van der Waals surface area contributed by atoms with Crippen LogP contribution in [0.3, 0.4) is 0 Å². The highest BCUT2D eigenvalue weighted by atomic mass is 28.4. The second-order valence-corrected chi connectivity index (χ2v) is 58.5. The van der Waals surface area contributed by atoms with E-state index in [4.69, 9.17) is 37.6 Å². The third-order valence-electron chi connectivity index (χ3n) is 20.1. The third kappa shape index (κ3) is 16.5. The van der Waals surface area contributed by atoms with Crippen LogP contribution in [0, 0.1) is 46.6 Å². The van der Waals surface area contributed by atoms with E-state index in [0.717, 1.165) is 103 Å². The highest BCUT2D eigenvalue weighted by molar-refractivity contribution is 6.87. The van der Waals surface area contributed by atoms with Crippen molar-refractivity contribution < 1.29 is 17.7 Å². The van der Waals surface area contributed by atoms with Gasteiger partial charge in [-0.3, -0.25) is 9.97 Å². The molecule has 0 radical (unpaired) electrons. The molecule has 0 N–H and O–H groups in total. The van der Waals surface area contributed by atoms with Crippen LogP contribution in [0.5, 0.6) is 0 Å². The molecule has 84 heavy (non-hydrogen) atoms. The van der Waals surface area contributed by atoms with E-state index < -0.39 is 49.4 Å². The first-order valence-corrected chi connectivity index (χ1v) is 48.1. The third-order valence-corrected chi connectivity index (χ3v) is 47.5. The van der Waals surface area contributed by atoms with Crippen molar-refractivity contribution in [1.29, 1.82) is 0 Å². The van der Waals surface area contributed by atoms with Crippen LogP contribution in [0.4, 0.5) is 0 Å². The molecule has 3 aromatic heterocycles. The maximum atomic E-state index is 7.12. The van der Waals surface area contributed by atoms with Crippen molar-refractivity contribution in [2.24, 2.45) is 0 Å². The topological polar surface area (TPSA) is 88.5 Å². The second kappa shape index (κ2) is 27.4. The number of hydrogen-bond donors (Lipinski definition) is 0. The van der Waals surface area contributed by atoms with Crippen LogP contribution in [-0.2, 0) is 17.7 Å². The van der Waals surface area contributed by atoms with Crippen molar-refractivity contribution in [2.45, 2.75) is 233 Å². The van der Waals surface area contributed by atoms with Crippen LogP contribution in [-0.4, -0.2) is 95.8 Å². The first-order valence-electron chi connectivity index (χ1n) is 31.2. The van der Waals surface area contributed by atoms with Gasteiger partial charge in [0.2, 0.25) is 0 Å². The van der Waals surface area contributed by atoms with E-state index in [1.807, 2.05) is 24.5 Å². The first kappa shape index (κ1) is 70.5. The Morgan fingerprint density at radius 3 is 0.881 bits per heavy atom. The van der Waals surface area contributed by atoms with Crippen LogP contribution < -0.4 is 0 Å². The molecule has 0 amide bonds. The van der Waals surface area contributed by atoms with E-state index in [1.54, 1.807) is 0 Å². The normalized spacial score (nSPS) is 14.0. The Labute approximate surface area is 516 Å². The summed E-state index contributed by atoms with van der Waals surface area (Å²) in [6.07, 6.45) is 3.63. The van der Waals surface area contributed by atoms with E-state index in [2.05, 4.69) is 248 Å².